The first-order valence-electron chi connectivity index (χ1n) is 11.8. The SMILES string of the molecule is C[C@H]1CCCCN1C(=O)CN1CCN(C(=O)c2cccc(NC(=O)[C@H]3CCCO3)c2)CC1. The molecular formula is C24H34N4O4. The predicted molar refractivity (Wildman–Crippen MR) is 121 cm³/mol. The maximum atomic E-state index is 13.0. The van der Waals surface area contributed by atoms with Crippen LogP contribution in [0.2, 0.25) is 0 Å². The summed E-state index contributed by atoms with van der Waals surface area (Å²) in [5.74, 6) is -0.00564. The van der Waals surface area contributed by atoms with Gasteiger partial charge in [0.15, 0.2) is 0 Å². The van der Waals surface area contributed by atoms with Crippen molar-refractivity contribution in [2.45, 2.75) is 51.2 Å². The molecule has 3 fully saturated rings. The van der Waals surface area contributed by atoms with E-state index in [1.807, 2.05) is 9.80 Å². The van der Waals surface area contributed by atoms with Crippen LogP contribution >= 0.6 is 0 Å². The number of hydrogen-bond acceptors (Lipinski definition) is 5. The predicted octanol–water partition coefficient (Wildman–Crippen LogP) is 1.96. The van der Waals surface area contributed by atoms with Gasteiger partial charge in [0.2, 0.25) is 5.91 Å². The van der Waals surface area contributed by atoms with Gasteiger partial charge < -0.3 is 19.9 Å². The second-order valence-electron chi connectivity index (χ2n) is 9.07. The molecule has 0 spiro atoms. The van der Waals surface area contributed by atoms with Gasteiger partial charge in [-0.2, -0.15) is 0 Å². The molecule has 0 radical (unpaired) electrons. The highest BCUT2D eigenvalue weighted by atomic mass is 16.5. The number of ether oxygens (including phenoxy) is 1. The number of carbonyl (C=O) groups is 3. The van der Waals surface area contributed by atoms with E-state index < -0.39 is 6.10 Å². The Morgan fingerprint density at radius 1 is 1.03 bits per heavy atom. The van der Waals surface area contributed by atoms with Crippen molar-refractivity contribution >= 4 is 23.4 Å². The summed E-state index contributed by atoms with van der Waals surface area (Å²) in [6.07, 6.45) is 4.59. The average molecular weight is 443 g/mol. The molecule has 3 heterocycles. The molecule has 0 bridgehead atoms. The van der Waals surface area contributed by atoms with Gasteiger partial charge in [-0.05, 0) is 57.2 Å². The molecule has 32 heavy (non-hydrogen) atoms. The van der Waals surface area contributed by atoms with Crippen LogP contribution in [-0.2, 0) is 14.3 Å². The fourth-order valence-corrected chi connectivity index (χ4v) is 4.78. The highest BCUT2D eigenvalue weighted by Crippen LogP contribution is 2.19. The third kappa shape index (κ3) is 5.48. The van der Waals surface area contributed by atoms with Gasteiger partial charge in [0.1, 0.15) is 6.10 Å². The molecule has 8 heteroatoms. The van der Waals surface area contributed by atoms with Crippen molar-refractivity contribution in [3.8, 4) is 0 Å². The van der Waals surface area contributed by atoms with Crippen LogP contribution < -0.4 is 5.32 Å². The van der Waals surface area contributed by atoms with Gasteiger partial charge >= 0.3 is 0 Å². The summed E-state index contributed by atoms with van der Waals surface area (Å²) in [6, 6.07) is 7.40. The molecular weight excluding hydrogens is 408 g/mol. The second-order valence-corrected chi connectivity index (χ2v) is 9.07. The third-order valence-corrected chi connectivity index (χ3v) is 6.74. The quantitative estimate of drug-likeness (QED) is 0.754. The Morgan fingerprint density at radius 2 is 1.84 bits per heavy atom. The minimum absolute atomic E-state index is 0.0474. The van der Waals surface area contributed by atoms with Crippen molar-refractivity contribution in [3.63, 3.8) is 0 Å². The lowest BCUT2D eigenvalue weighted by atomic mass is 10.0. The number of rotatable bonds is 5. The van der Waals surface area contributed by atoms with E-state index in [1.54, 1.807) is 24.3 Å². The molecule has 174 valence electrons. The Morgan fingerprint density at radius 3 is 2.56 bits per heavy atom. The molecule has 4 rings (SSSR count). The van der Waals surface area contributed by atoms with Gasteiger partial charge in [-0.3, -0.25) is 19.3 Å². The van der Waals surface area contributed by atoms with Gasteiger partial charge in [-0.1, -0.05) is 6.07 Å². The van der Waals surface area contributed by atoms with Crippen LogP contribution in [0.25, 0.3) is 0 Å². The molecule has 3 aliphatic heterocycles. The highest BCUT2D eigenvalue weighted by molar-refractivity contribution is 5.98. The molecule has 1 N–H and O–H groups in total. The van der Waals surface area contributed by atoms with Crippen molar-refractivity contribution < 1.29 is 19.1 Å². The van der Waals surface area contributed by atoms with Crippen LogP contribution in [0.1, 0.15) is 49.4 Å². The van der Waals surface area contributed by atoms with Crippen LogP contribution in [0.3, 0.4) is 0 Å². The van der Waals surface area contributed by atoms with Crippen molar-refractivity contribution in [1.29, 1.82) is 0 Å². The average Bonchev–Trinajstić information content (AvgIpc) is 3.35. The van der Waals surface area contributed by atoms with Crippen LogP contribution in [0.4, 0.5) is 5.69 Å². The molecule has 0 saturated carbocycles. The highest BCUT2D eigenvalue weighted by Gasteiger charge is 2.28. The number of nitrogens with one attached hydrogen (secondary N) is 1. The van der Waals surface area contributed by atoms with Crippen LogP contribution in [-0.4, -0.2) is 90.4 Å². The Labute approximate surface area is 189 Å². The van der Waals surface area contributed by atoms with Crippen LogP contribution in [0.15, 0.2) is 24.3 Å². The smallest absolute Gasteiger partial charge is 0.254 e. The van der Waals surface area contributed by atoms with E-state index >= 15 is 0 Å². The number of anilines is 1. The summed E-state index contributed by atoms with van der Waals surface area (Å²) in [6.45, 7) is 6.60. The largest absolute Gasteiger partial charge is 0.368 e. The van der Waals surface area contributed by atoms with Crippen LogP contribution in [0.5, 0.6) is 0 Å². The third-order valence-electron chi connectivity index (χ3n) is 6.74. The van der Waals surface area contributed by atoms with Crippen molar-refractivity contribution in [2.75, 3.05) is 51.2 Å². The second kappa shape index (κ2) is 10.4. The number of likely N-dealkylation sites (tertiary alicyclic amines) is 1. The zero-order valence-electron chi connectivity index (χ0n) is 18.9. The molecule has 0 aliphatic carbocycles. The maximum Gasteiger partial charge on any atom is 0.254 e. The molecule has 3 amide bonds. The van der Waals surface area contributed by atoms with Crippen molar-refractivity contribution in [3.05, 3.63) is 29.8 Å². The van der Waals surface area contributed by atoms with E-state index in [-0.39, 0.29) is 17.7 Å². The van der Waals surface area contributed by atoms with Crippen LogP contribution in [0, 0.1) is 0 Å². The molecule has 2 atom stereocenters. The summed E-state index contributed by atoms with van der Waals surface area (Å²) < 4.78 is 5.42. The van der Waals surface area contributed by atoms with E-state index in [0.29, 0.717) is 56.6 Å². The number of hydrogen-bond donors (Lipinski definition) is 1. The zero-order valence-corrected chi connectivity index (χ0v) is 18.9. The van der Waals surface area contributed by atoms with Gasteiger partial charge in [0.05, 0.1) is 6.54 Å². The topological polar surface area (TPSA) is 82.2 Å². The lowest BCUT2D eigenvalue weighted by molar-refractivity contribution is -0.136. The summed E-state index contributed by atoms with van der Waals surface area (Å²) in [4.78, 5) is 44.0. The molecule has 1 aromatic rings. The van der Waals surface area contributed by atoms with E-state index in [4.69, 9.17) is 4.74 Å². The van der Waals surface area contributed by atoms with E-state index in [9.17, 15) is 14.4 Å². The van der Waals surface area contributed by atoms with Gasteiger partial charge in [0.25, 0.3) is 11.8 Å². The van der Waals surface area contributed by atoms with Gasteiger partial charge in [-0.15, -0.1) is 0 Å². The summed E-state index contributed by atoms with van der Waals surface area (Å²) >= 11 is 0. The summed E-state index contributed by atoms with van der Waals surface area (Å²) in [5.41, 5.74) is 1.16. The fraction of sp³-hybridized carbons (Fsp3) is 0.625. The molecule has 0 aromatic heterocycles. The fourth-order valence-electron chi connectivity index (χ4n) is 4.78. The zero-order chi connectivity index (χ0) is 22.5. The molecule has 0 unspecified atom stereocenters. The Bertz CT molecular complexity index is 831. The Hall–Kier alpha value is -2.45. The number of nitrogens with zero attached hydrogens (tertiary/aromatic N) is 3. The first-order valence-corrected chi connectivity index (χ1v) is 11.8. The maximum absolute atomic E-state index is 13.0. The van der Waals surface area contributed by atoms with E-state index in [1.165, 1.54) is 6.42 Å². The number of carbonyl (C=O) groups excluding carboxylic acids is 3. The lowest BCUT2D eigenvalue weighted by Gasteiger charge is -2.38. The minimum atomic E-state index is -0.405. The normalized spacial score (nSPS) is 24.4. The number of piperidine rings is 1. The van der Waals surface area contributed by atoms with Crippen molar-refractivity contribution in [1.82, 2.24) is 14.7 Å². The van der Waals surface area contributed by atoms with E-state index in [0.717, 1.165) is 32.2 Å². The molecule has 3 aliphatic rings. The first kappa shape index (κ1) is 22.7. The van der Waals surface area contributed by atoms with Crippen molar-refractivity contribution in [2.24, 2.45) is 0 Å². The molecule has 3 saturated heterocycles. The van der Waals surface area contributed by atoms with Gasteiger partial charge in [-0.25, -0.2) is 0 Å². The summed E-state index contributed by atoms with van der Waals surface area (Å²) in [7, 11) is 0. The minimum Gasteiger partial charge on any atom is -0.368 e. The first-order chi connectivity index (χ1) is 15.5. The van der Waals surface area contributed by atoms with Gasteiger partial charge in [0, 0.05) is 56.6 Å². The number of amides is 3. The molecule has 8 nitrogen and oxygen atoms in total. The lowest BCUT2D eigenvalue weighted by Crippen LogP contribution is -2.53. The number of piperazine rings is 1. The molecule has 1 aromatic carbocycles. The monoisotopic (exact) mass is 442 g/mol. The Kier molecular flexibility index (Phi) is 7.42. The summed E-state index contributed by atoms with van der Waals surface area (Å²) in [5, 5.41) is 2.86. The standard InChI is InChI=1S/C24H34N4O4/c1-18-6-2-3-10-28(18)22(29)17-26-11-13-27(14-12-26)24(31)19-7-4-8-20(16-19)25-23(30)21-9-5-15-32-21/h4,7-8,16,18,21H,2-3,5-6,9-15,17H2,1H3,(H,25,30)/t18-,21+/m0/s1. The Balaban J connectivity index is 1.27. The van der Waals surface area contributed by atoms with E-state index in [2.05, 4.69) is 17.1 Å². The number of benzene rings is 1.